The summed E-state index contributed by atoms with van der Waals surface area (Å²) in [6.45, 7) is 1.31. The first kappa shape index (κ1) is 13.0. The monoisotopic (exact) mass is 269 g/mol. The van der Waals surface area contributed by atoms with Crippen LogP contribution in [0.25, 0.3) is 0 Å². The summed E-state index contributed by atoms with van der Waals surface area (Å²) in [7, 11) is -2.97. The molecule has 1 N–H and O–H groups in total. The molecule has 0 saturated heterocycles. The van der Waals surface area contributed by atoms with Crippen LogP contribution < -0.4 is 0 Å². The van der Waals surface area contributed by atoms with E-state index in [1.54, 1.807) is 12.1 Å². The van der Waals surface area contributed by atoms with Crippen LogP contribution in [0.3, 0.4) is 0 Å². The van der Waals surface area contributed by atoms with Crippen molar-refractivity contribution < 1.29 is 23.6 Å². The van der Waals surface area contributed by atoms with E-state index in [-0.39, 0.29) is 11.1 Å². The first-order valence-corrected chi connectivity index (χ1v) is 6.90. The van der Waals surface area contributed by atoms with Crippen LogP contribution in [0.15, 0.2) is 24.3 Å². The number of nitrogens with zero attached hydrogens (tertiary/aromatic N) is 1. The molecule has 96 valence electrons. The highest BCUT2D eigenvalue weighted by Gasteiger charge is 2.45. The van der Waals surface area contributed by atoms with Gasteiger partial charge < -0.3 is 9.42 Å². The van der Waals surface area contributed by atoms with Crippen molar-refractivity contribution >= 4 is 19.4 Å². The highest BCUT2D eigenvalue weighted by Crippen LogP contribution is 2.49. The van der Waals surface area contributed by atoms with Crippen molar-refractivity contribution in [1.29, 1.82) is 0 Å². The Morgan fingerprint density at radius 2 is 1.67 bits per heavy atom. The van der Waals surface area contributed by atoms with Crippen molar-refractivity contribution in [3.63, 3.8) is 0 Å². The van der Waals surface area contributed by atoms with E-state index in [0.717, 1.165) is 12.0 Å². The van der Waals surface area contributed by atoms with Gasteiger partial charge in [0, 0.05) is 7.11 Å². The van der Waals surface area contributed by atoms with Gasteiger partial charge in [0.1, 0.15) is 5.78 Å². The van der Waals surface area contributed by atoms with Gasteiger partial charge in [-0.2, -0.15) is 0 Å². The van der Waals surface area contributed by atoms with Crippen molar-refractivity contribution in [3.8, 4) is 0 Å². The van der Waals surface area contributed by atoms with E-state index in [0.29, 0.717) is 0 Å². The third-order valence-electron chi connectivity index (χ3n) is 2.93. The molecule has 6 nitrogen and oxygen atoms in total. The first-order valence-electron chi connectivity index (χ1n) is 5.25. The maximum absolute atomic E-state index is 12.0. The number of amides is 2. The predicted molar refractivity (Wildman–Crippen MR) is 63.2 cm³/mol. The molecule has 1 aromatic rings. The van der Waals surface area contributed by atoms with E-state index >= 15 is 0 Å². The van der Waals surface area contributed by atoms with Gasteiger partial charge in [0.2, 0.25) is 0 Å². The van der Waals surface area contributed by atoms with Crippen molar-refractivity contribution in [2.45, 2.75) is 12.7 Å². The van der Waals surface area contributed by atoms with Crippen LogP contribution in [0.2, 0.25) is 0 Å². The molecule has 1 aromatic carbocycles. The second-order valence-corrected chi connectivity index (χ2v) is 6.15. The fraction of sp³-hybridized carbons (Fsp3) is 0.273. The smallest absolute Gasteiger partial charge is 0.323 e. The second-order valence-electron chi connectivity index (χ2n) is 3.90. The summed E-state index contributed by atoms with van der Waals surface area (Å²) in [4.78, 5) is 34.4. The molecule has 2 atom stereocenters. The molecule has 0 saturated carbocycles. The quantitative estimate of drug-likeness (QED) is 0.663. The summed E-state index contributed by atoms with van der Waals surface area (Å²) in [5.74, 6) is -2.36. The van der Waals surface area contributed by atoms with Gasteiger partial charge in [-0.1, -0.05) is 12.1 Å². The lowest BCUT2D eigenvalue weighted by Crippen LogP contribution is -2.38. The lowest BCUT2D eigenvalue weighted by atomic mass is 10.1. The van der Waals surface area contributed by atoms with Gasteiger partial charge >= 0.3 is 7.60 Å². The molecule has 1 aliphatic rings. The number of hydrogen-bond acceptors (Lipinski definition) is 4. The Balaban J connectivity index is 2.43. The number of imide groups is 1. The van der Waals surface area contributed by atoms with Gasteiger partial charge in [-0.05, 0) is 19.1 Å². The molecule has 1 aliphatic heterocycles. The first-order chi connectivity index (χ1) is 8.40. The van der Waals surface area contributed by atoms with Crippen LogP contribution in [-0.2, 0) is 9.09 Å². The van der Waals surface area contributed by atoms with Crippen molar-refractivity contribution in [3.05, 3.63) is 35.4 Å². The molecular weight excluding hydrogens is 257 g/mol. The highest BCUT2D eigenvalue weighted by molar-refractivity contribution is 7.53. The Morgan fingerprint density at radius 3 is 2.06 bits per heavy atom. The van der Waals surface area contributed by atoms with E-state index in [1.807, 2.05) is 0 Å². The van der Waals surface area contributed by atoms with Crippen LogP contribution in [0.1, 0.15) is 27.6 Å². The Labute approximate surface area is 104 Å². The number of fused-ring (bicyclic) bond motifs is 1. The summed E-state index contributed by atoms with van der Waals surface area (Å²) in [6, 6.07) is 6.29. The van der Waals surface area contributed by atoms with Gasteiger partial charge in [0.25, 0.3) is 11.8 Å². The Hall–Kier alpha value is -1.49. The zero-order valence-electron chi connectivity index (χ0n) is 9.86. The minimum atomic E-state index is -4.03. The Kier molecular flexibility index (Phi) is 3.11. The zero-order chi connectivity index (χ0) is 13.5. The maximum Gasteiger partial charge on any atom is 0.350 e. The number of benzene rings is 1. The van der Waals surface area contributed by atoms with E-state index in [2.05, 4.69) is 4.52 Å². The molecule has 2 amide bonds. The lowest BCUT2D eigenvalue weighted by Gasteiger charge is -2.25. The number of hydrogen-bond donors (Lipinski definition) is 1. The molecule has 0 radical (unpaired) electrons. The SMILES string of the molecule is COP(=O)(O)[C@@H](C)N1C(=O)c2ccccc2C1=O. The largest absolute Gasteiger partial charge is 0.350 e. The molecule has 0 fully saturated rings. The zero-order valence-corrected chi connectivity index (χ0v) is 10.8. The summed E-state index contributed by atoms with van der Waals surface area (Å²) < 4.78 is 16.2. The third-order valence-corrected chi connectivity index (χ3v) is 4.63. The van der Waals surface area contributed by atoms with Crippen LogP contribution in [0.4, 0.5) is 0 Å². The molecule has 2 rings (SSSR count). The van der Waals surface area contributed by atoms with E-state index in [4.69, 9.17) is 0 Å². The second kappa shape index (κ2) is 4.31. The minimum Gasteiger partial charge on any atom is -0.323 e. The average molecular weight is 269 g/mol. The molecule has 0 aromatic heterocycles. The molecular formula is C11H12NO5P. The maximum atomic E-state index is 12.0. The van der Waals surface area contributed by atoms with Crippen molar-refractivity contribution in [1.82, 2.24) is 4.90 Å². The minimum absolute atomic E-state index is 0.241. The van der Waals surface area contributed by atoms with E-state index < -0.39 is 25.2 Å². The summed E-state index contributed by atoms with van der Waals surface area (Å²) in [6.07, 6.45) is 0. The topological polar surface area (TPSA) is 83.9 Å². The van der Waals surface area contributed by atoms with E-state index in [9.17, 15) is 19.0 Å². The number of carbonyl (C=O) groups excluding carboxylic acids is 2. The van der Waals surface area contributed by atoms with Gasteiger partial charge in [0.05, 0.1) is 11.1 Å². The van der Waals surface area contributed by atoms with Gasteiger partial charge in [0.15, 0.2) is 0 Å². The molecule has 1 unspecified atom stereocenters. The summed E-state index contributed by atoms with van der Waals surface area (Å²) >= 11 is 0. The van der Waals surface area contributed by atoms with Gasteiger partial charge in [-0.25, -0.2) is 0 Å². The molecule has 0 bridgehead atoms. The molecule has 7 heteroatoms. The van der Waals surface area contributed by atoms with Gasteiger partial charge in [-0.15, -0.1) is 0 Å². The molecule has 1 heterocycles. The molecule has 0 aliphatic carbocycles. The summed E-state index contributed by atoms with van der Waals surface area (Å²) in [5.41, 5.74) is 0.482. The average Bonchev–Trinajstić information content (AvgIpc) is 2.62. The van der Waals surface area contributed by atoms with E-state index in [1.165, 1.54) is 19.1 Å². The Bertz CT molecular complexity index is 535. The standard InChI is InChI=1S/C11H12NO5P/c1-7(18(15,16)17-2)12-10(13)8-5-3-4-6-9(8)11(12)14/h3-7H,1-2H3,(H,15,16)/t7-/m0/s1. The molecule has 0 spiro atoms. The third kappa shape index (κ3) is 1.79. The van der Waals surface area contributed by atoms with Gasteiger partial charge in [-0.3, -0.25) is 19.1 Å². The molecule has 18 heavy (non-hydrogen) atoms. The van der Waals surface area contributed by atoms with Crippen LogP contribution in [0.5, 0.6) is 0 Å². The van der Waals surface area contributed by atoms with Crippen LogP contribution in [-0.4, -0.2) is 34.5 Å². The number of rotatable bonds is 3. The van der Waals surface area contributed by atoms with Crippen LogP contribution >= 0.6 is 7.60 Å². The number of carbonyl (C=O) groups is 2. The lowest BCUT2D eigenvalue weighted by molar-refractivity contribution is 0.0621. The fourth-order valence-corrected chi connectivity index (χ4v) is 2.65. The Morgan fingerprint density at radius 1 is 1.22 bits per heavy atom. The van der Waals surface area contributed by atoms with Crippen molar-refractivity contribution in [2.75, 3.05) is 7.11 Å². The predicted octanol–water partition coefficient (Wildman–Crippen LogP) is 1.46. The van der Waals surface area contributed by atoms with Crippen molar-refractivity contribution in [2.24, 2.45) is 0 Å². The highest BCUT2D eigenvalue weighted by atomic mass is 31.2. The fourth-order valence-electron chi connectivity index (χ4n) is 1.85. The normalized spacial score (nSPS) is 19.6. The summed E-state index contributed by atoms with van der Waals surface area (Å²) in [5, 5.41) is 0. The van der Waals surface area contributed by atoms with Crippen LogP contribution in [0, 0.1) is 0 Å².